The number of aliphatic carboxylic acids is 1. The molecule has 2 unspecified atom stereocenters. The highest BCUT2D eigenvalue weighted by molar-refractivity contribution is 5.71. The number of carbonyl (C=O) groups is 3. The van der Waals surface area contributed by atoms with Crippen molar-refractivity contribution in [2.45, 2.75) is 270 Å². The fourth-order valence-corrected chi connectivity index (χ4v) is 8.61. The van der Waals surface area contributed by atoms with E-state index >= 15 is 0 Å². The standard InChI is InChI=1S/C70H119NO8/c1-6-8-10-12-14-16-18-20-22-24-26-28-30-31-32-33-34-35-36-37-39-41-43-45-47-49-51-53-55-57-59-61-68(73)79-66(65-78-70(69(74)75)76-63-62-71(3,4)5)64-77-67(72)60-58-56-54-52-50-48-46-44-42-40-38-29-27-25-23-21-19-17-15-13-11-9-7-2/h8,10,14,16,20,22,25-28,31-32,34-35,37,39,43,45,66,70H,6-7,9,11-13,15,17-19,21,23-24,29-30,33,36,38,40-42,44,46-65H2,1-5H3/p+1/b10-8-,16-14-,22-20-,27-25-,28-26-,32-31-,35-34-,39-37-,45-43-. The number of nitrogens with zero attached hydrogens (tertiary/aromatic N) is 1. The first-order valence-corrected chi connectivity index (χ1v) is 32.1. The molecule has 0 saturated heterocycles. The summed E-state index contributed by atoms with van der Waals surface area (Å²) in [5.41, 5.74) is 0. The zero-order chi connectivity index (χ0) is 57.6. The molecule has 9 heteroatoms. The summed E-state index contributed by atoms with van der Waals surface area (Å²) in [6, 6.07) is 0. The molecule has 0 aliphatic rings. The Labute approximate surface area is 485 Å². The lowest BCUT2D eigenvalue weighted by molar-refractivity contribution is -0.870. The van der Waals surface area contributed by atoms with E-state index in [0.29, 0.717) is 23.9 Å². The third-order valence-corrected chi connectivity index (χ3v) is 13.5. The Kier molecular flexibility index (Phi) is 57.0. The minimum absolute atomic E-state index is 0.179. The summed E-state index contributed by atoms with van der Waals surface area (Å²) < 4.78 is 22.9. The van der Waals surface area contributed by atoms with Crippen LogP contribution in [0.3, 0.4) is 0 Å². The van der Waals surface area contributed by atoms with Crippen LogP contribution in [-0.4, -0.2) is 87.4 Å². The Morgan fingerprint density at radius 2 is 0.722 bits per heavy atom. The van der Waals surface area contributed by atoms with Crippen LogP contribution in [0.5, 0.6) is 0 Å². The van der Waals surface area contributed by atoms with Gasteiger partial charge in [-0.1, -0.05) is 252 Å². The summed E-state index contributed by atoms with van der Waals surface area (Å²) in [6.45, 7) is 4.75. The zero-order valence-electron chi connectivity index (χ0n) is 51.5. The van der Waals surface area contributed by atoms with E-state index < -0.39 is 24.3 Å². The second-order valence-electron chi connectivity index (χ2n) is 22.3. The van der Waals surface area contributed by atoms with Crippen molar-refractivity contribution in [3.05, 3.63) is 109 Å². The van der Waals surface area contributed by atoms with E-state index in [2.05, 4.69) is 123 Å². The van der Waals surface area contributed by atoms with Crippen molar-refractivity contribution in [3.63, 3.8) is 0 Å². The van der Waals surface area contributed by atoms with Crippen LogP contribution in [0.2, 0.25) is 0 Å². The number of likely N-dealkylation sites (N-methyl/N-ethyl adjacent to an activating group) is 1. The monoisotopic (exact) mass is 1100 g/mol. The molecule has 0 aromatic heterocycles. The number of carboxylic acids is 1. The minimum atomic E-state index is -1.52. The molecule has 0 aromatic rings. The summed E-state index contributed by atoms with van der Waals surface area (Å²) >= 11 is 0. The van der Waals surface area contributed by atoms with Crippen LogP contribution < -0.4 is 0 Å². The number of quaternary nitrogens is 1. The molecule has 0 heterocycles. The normalized spacial score (nSPS) is 13.5. The largest absolute Gasteiger partial charge is 0.477 e. The van der Waals surface area contributed by atoms with Crippen LogP contribution in [0.25, 0.3) is 0 Å². The Hall–Kier alpha value is -4.05. The Morgan fingerprint density at radius 3 is 1.09 bits per heavy atom. The molecule has 9 nitrogen and oxygen atoms in total. The molecule has 0 saturated carbocycles. The van der Waals surface area contributed by atoms with Crippen molar-refractivity contribution >= 4 is 17.9 Å². The van der Waals surface area contributed by atoms with Gasteiger partial charge in [-0.3, -0.25) is 9.59 Å². The summed E-state index contributed by atoms with van der Waals surface area (Å²) in [5.74, 6) is -2.03. The van der Waals surface area contributed by atoms with Crippen LogP contribution in [0, 0.1) is 0 Å². The van der Waals surface area contributed by atoms with Crippen LogP contribution in [-0.2, 0) is 33.3 Å². The fraction of sp³-hybridized carbons (Fsp3) is 0.700. The summed E-state index contributed by atoms with van der Waals surface area (Å²) in [5, 5.41) is 9.73. The molecular weight excluding hydrogens is 983 g/mol. The number of unbranched alkanes of at least 4 members (excludes halogenated alkanes) is 25. The van der Waals surface area contributed by atoms with Gasteiger partial charge in [-0.15, -0.1) is 0 Å². The van der Waals surface area contributed by atoms with E-state index in [4.69, 9.17) is 18.9 Å². The average Bonchev–Trinajstić information content (AvgIpc) is 3.42. The lowest BCUT2D eigenvalue weighted by atomic mass is 10.0. The number of carbonyl (C=O) groups excluding carboxylic acids is 2. The van der Waals surface area contributed by atoms with Gasteiger partial charge in [0.15, 0.2) is 6.10 Å². The Morgan fingerprint density at radius 1 is 0.392 bits per heavy atom. The second-order valence-corrected chi connectivity index (χ2v) is 22.3. The molecule has 79 heavy (non-hydrogen) atoms. The molecule has 452 valence electrons. The number of allylic oxidation sites excluding steroid dienone is 18. The van der Waals surface area contributed by atoms with Gasteiger partial charge in [0, 0.05) is 12.8 Å². The molecule has 0 spiro atoms. The van der Waals surface area contributed by atoms with E-state index in [-0.39, 0.29) is 32.2 Å². The first-order chi connectivity index (χ1) is 38.6. The van der Waals surface area contributed by atoms with Crippen molar-refractivity contribution in [3.8, 4) is 0 Å². The highest BCUT2D eigenvalue weighted by Gasteiger charge is 2.25. The molecule has 0 aliphatic heterocycles. The van der Waals surface area contributed by atoms with Gasteiger partial charge < -0.3 is 28.5 Å². The average molecular weight is 1100 g/mol. The van der Waals surface area contributed by atoms with Crippen LogP contribution in [0.1, 0.15) is 258 Å². The van der Waals surface area contributed by atoms with Gasteiger partial charge in [-0.2, -0.15) is 0 Å². The lowest BCUT2D eigenvalue weighted by Gasteiger charge is -2.25. The van der Waals surface area contributed by atoms with E-state index in [1.807, 2.05) is 21.1 Å². The maximum Gasteiger partial charge on any atom is 0.361 e. The minimum Gasteiger partial charge on any atom is -0.477 e. The van der Waals surface area contributed by atoms with Gasteiger partial charge in [-0.05, 0) is 103 Å². The van der Waals surface area contributed by atoms with Crippen molar-refractivity contribution in [1.29, 1.82) is 0 Å². The molecule has 0 rings (SSSR count). The van der Waals surface area contributed by atoms with Gasteiger partial charge >= 0.3 is 17.9 Å². The molecule has 0 aliphatic carbocycles. The topological polar surface area (TPSA) is 108 Å². The molecule has 1 N–H and O–H groups in total. The summed E-state index contributed by atoms with van der Waals surface area (Å²) in [7, 11) is 5.96. The van der Waals surface area contributed by atoms with Crippen molar-refractivity contribution in [2.75, 3.05) is 47.5 Å². The third kappa shape index (κ3) is 61.4. The molecule has 0 amide bonds. The number of hydrogen-bond donors (Lipinski definition) is 1. The Balaban J connectivity index is 4.26. The van der Waals surface area contributed by atoms with Crippen molar-refractivity contribution in [1.82, 2.24) is 0 Å². The third-order valence-electron chi connectivity index (χ3n) is 13.5. The van der Waals surface area contributed by atoms with Crippen LogP contribution >= 0.6 is 0 Å². The van der Waals surface area contributed by atoms with E-state index in [1.165, 1.54) is 116 Å². The number of esters is 2. The smallest absolute Gasteiger partial charge is 0.361 e. The quantitative estimate of drug-likeness (QED) is 0.0211. The van der Waals surface area contributed by atoms with Gasteiger partial charge in [0.25, 0.3) is 6.29 Å². The number of rotatable bonds is 58. The van der Waals surface area contributed by atoms with E-state index in [9.17, 15) is 19.5 Å². The first kappa shape index (κ1) is 75.0. The number of hydrogen-bond acceptors (Lipinski definition) is 7. The van der Waals surface area contributed by atoms with Crippen molar-refractivity contribution < 1.29 is 42.9 Å². The van der Waals surface area contributed by atoms with Gasteiger partial charge in [0.05, 0.1) is 34.4 Å². The van der Waals surface area contributed by atoms with Gasteiger partial charge in [0.2, 0.25) is 0 Å². The second kappa shape index (κ2) is 60.1. The molecular formula is C70H120NO8+. The highest BCUT2D eigenvalue weighted by atomic mass is 16.7. The van der Waals surface area contributed by atoms with Crippen LogP contribution in [0.15, 0.2) is 109 Å². The molecule has 0 aromatic carbocycles. The predicted octanol–water partition coefficient (Wildman–Crippen LogP) is 19.5. The SMILES string of the molecule is CC/C=C\C/C=C\C/C=C\C/C=C\C/C=C\C/C=C\C/C=C\C/C=C\CCCCCCCCC(=O)OC(COC(=O)CCCCCCCCCCCCC/C=C\CCCCCCCCCC)COC(OCC[N+](C)(C)C)C(=O)O. The van der Waals surface area contributed by atoms with Gasteiger partial charge in [-0.25, -0.2) is 4.79 Å². The molecule has 0 bridgehead atoms. The van der Waals surface area contributed by atoms with Crippen molar-refractivity contribution in [2.24, 2.45) is 0 Å². The zero-order valence-corrected chi connectivity index (χ0v) is 51.5. The molecule has 0 radical (unpaired) electrons. The van der Waals surface area contributed by atoms with E-state index in [0.717, 1.165) is 109 Å². The highest BCUT2D eigenvalue weighted by Crippen LogP contribution is 2.16. The first-order valence-electron chi connectivity index (χ1n) is 32.1. The van der Waals surface area contributed by atoms with E-state index in [1.54, 1.807) is 0 Å². The maximum absolute atomic E-state index is 12.9. The lowest BCUT2D eigenvalue weighted by Crippen LogP contribution is -2.40. The molecule has 0 fully saturated rings. The predicted molar refractivity (Wildman–Crippen MR) is 336 cm³/mol. The Bertz CT molecular complexity index is 1660. The summed E-state index contributed by atoms with van der Waals surface area (Å²) in [4.78, 5) is 37.5. The summed E-state index contributed by atoms with van der Waals surface area (Å²) in [6.07, 6.45) is 80.3. The fourth-order valence-electron chi connectivity index (χ4n) is 8.61. The van der Waals surface area contributed by atoms with Gasteiger partial charge in [0.1, 0.15) is 13.2 Å². The maximum atomic E-state index is 12.9. The molecule has 2 atom stereocenters. The number of ether oxygens (including phenoxy) is 4. The number of carboxylic acid groups (broad SMARTS) is 1. The van der Waals surface area contributed by atoms with Crippen LogP contribution in [0.4, 0.5) is 0 Å².